The van der Waals surface area contributed by atoms with Crippen LogP contribution < -0.4 is 5.32 Å². The van der Waals surface area contributed by atoms with Gasteiger partial charge in [0.15, 0.2) is 12.4 Å². The van der Waals surface area contributed by atoms with Crippen LogP contribution >= 0.6 is 0 Å². The number of carbonyl (C=O) groups is 3. The zero-order valence-electron chi connectivity index (χ0n) is 15.8. The zero-order valence-corrected chi connectivity index (χ0v) is 15.8. The largest absolute Gasteiger partial charge is 0.454 e. The van der Waals surface area contributed by atoms with Gasteiger partial charge in [-0.3, -0.25) is 9.59 Å². The molecule has 0 aliphatic rings. The van der Waals surface area contributed by atoms with E-state index in [1.807, 2.05) is 30.3 Å². The molecule has 0 heterocycles. The van der Waals surface area contributed by atoms with Gasteiger partial charge in [0.25, 0.3) is 0 Å². The SMILES string of the molecule is CC(C)C(=O)Nc1ccc(C(=O)OCC(=O)c2ccc3ccccc3c2)cc1. The number of carbonyl (C=O) groups excluding carboxylic acids is 3. The Morgan fingerprint density at radius 2 is 1.50 bits per heavy atom. The minimum atomic E-state index is -0.587. The van der Waals surface area contributed by atoms with Crippen LogP contribution in [0, 0.1) is 5.92 Å². The van der Waals surface area contributed by atoms with E-state index in [1.54, 1.807) is 50.2 Å². The Morgan fingerprint density at radius 3 is 2.18 bits per heavy atom. The van der Waals surface area contributed by atoms with Crippen molar-refractivity contribution < 1.29 is 19.1 Å². The summed E-state index contributed by atoms with van der Waals surface area (Å²) in [6.07, 6.45) is 0. The highest BCUT2D eigenvalue weighted by Crippen LogP contribution is 2.16. The Labute approximate surface area is 163 Å². The van der Waals surface area contributed by atoms with Crippen molar-refractivity contribution in [2.45, 2.75) is 13.8 Å². The van der Waals surface area contributed by atoms with E-state index in [0.29, 0.717) is 16.8 Å². The molecular weight excluding hydrogens is 354 g/mol. The van der Waals surface area contributed by atoms with E-state index in [4.69, 9.17) is 4.74 Å². The third-order valence-corrected chi connectivity index (χ3v) is 4.32. The maximum absolute atomic E-state index is 12.3. The molecule has 0 spiro atoms. The minimum absolute atomic E-state index is 0.101. The molecule has 5 heteroatoms. The standard InChI is InChI=1S/C23H21NO4/c1-15(2)22(26)24-20-11-9-17(10-12-20)23(27)28-14-21(25)19-8-7-16-5-3-4-6-18(16)13-19/h3-13,15H,14H2,1-2H3,(H,24,26). The zero-order chi connectivity index (χ0) is 20.1. The van der Waals surface area contributed by atoms with Crippen LogP contribution in [0.4, 0.5) is 5.69 Å². The smallest absolute Gasteiger partial charge is 0.338 e. The average Bonchev–Trinajstić information content (AvgIpc) is 2.71. The molecule has 0 radical (unpaired) electrons. The molecule has 0 atom stereocenters. The number of anilines is 1. The number of nitrogens with one attached hydrogen (secondary N) is 1. The summed E-state index contributed by atoms with van der Waals surface area (Å²) in [4.78, 5) is 36.2. The molecule has 5 nitrogen and oxygen atoms in total. The first kappa shape index (κ1) is 19.3. The Kier molecular flexibility index (Phi) is 5.84. The van der Waals surface area contributed by atoms with Crippen molar-refractivity contribution in [3.05, 3.63) is 77.9 Å². The number of ketones is 1. The monoisotopic (exact) mass is 375 g/mol. The second-order valence-electron chi connectivity index (χ2n) is 6.78. The van der Waals surface area contributed by atoms with Crippen LogP contribution in [0.5, 0.6) is 0 Å². The predicted molar refractivity (Wildman–Crippen MR) is 108 cm³/mol. The van der Waals surface area contributed by atoms with Gasteiger partial charge in [-0.2, -0.15) is 0 Å². The number of ether oxygens (including phenoxy) is 1. The molecule has 142 valence electrons. The van der Waals surface area contributed by atoms with Gasteiger partial charge in [-0.15, -0.1) is 0 Å². The van der Waals surface area contributed by atoms with Crippen LogP contribution in [0.25, 0.3) is 10.8 Å². The molecule has 1 N–H and O–H groups in total. The van der Waals surface area contributed by atoms with Gasteiger partial charge in [-0.1, -0.05) is 50.2 Å². The Bertz CT molecular complexity index is 1020. The van der Waals surface area contributed by atoms with Gasteiger partial charge < -0.3 is 10.1 Å². The lowest BCUT2D eigenvalue weighted by atomic mass is 10.0. The maximum atomic E-state index is 12.3. The third kappa shape index (κ3) is 4.62. The van der Waals surface area contributed by atoms with Crippen LogP contribution in [0.1, 0.15) is 34.6 Å². The van der Waals surface area contributed by atoms with Crippen molar-refractivity contribution in [3.8, 4) is 0 Å². The first-order chi connectivity index (χ1) is 13.4. The van der Waals surface area contributed by atoms with Gasteiger partial charge >= 0.3 is 5.97 Å². The molecule has 0 unspecified atom stereocenters. The van der Waals surface area contributed by atoms with Crippen molar-refractivity contribution >= 4 is 34.1 Å². The molecule has 0 fully saturated rings. The highest BCUT2D eigenvalue weighted by molar-refractivity contribution is 6.02. The van der Waals surface area contributed by atoms with E-state index >= 15 is 0 Å². The van der Waals surface area contributed by atoms with Crippen molar-refractivity contribution in [1.29, 1.82) is 0 Å². The summed E-state index contributed by atoms with van der Waals surface area (Å²) in [5.74, 6) is -1.09. The molecule has 0 aliphatic carbocycles. The number of hydrogen-bond acceptors (Lipinski definition) is 4. The molecule has 3 aromatic carbocycles. The lowest BCUT2D eigenvalue weighted by molar-refractivity contribution is -0.118. The first-order valence-corrected chi connectivity index (χ1v) is 9.04. The number of benzene rings is 3. The number of Topliss-reactive ketones (excluding diaryl/α,β-unsaturated/α-hetero) is 1. The van der Waals surface area contributed by atoms with E-state index in [2.05, 4.69) is 5.32 Å². The Morgan fingerprint density at radius 1 is 0.857 bits per heavy atom. The van der Waals surface area contributed by atoms with Gasteiger partial charge in [0.05, 0.1) is 5.56 Å². The fourth-order valence-corrected chi connectivity index (χ4v) is 2.64. The number of hydrogen-bond donors (Lipinski definition) is 1. The number of amides is 1. The molecule has 1 amide bonds. The summed E-state index contributed by atoms with van der Waals surface area (Å²) >= 11 is 0. The molecule has 3 aromatic rings. The summed E-state index contributed by atoms with van der Waals surface area (Å²) in [5, 5.41) is 4.75. The van der Waals surface area contributed by atoms with E-state index in [1.165, 1.54) is 0 Å². The van der Waals surface area contributed by atoms with Gasteiger partial charge in [-0.05, 0) is 41.1 Å². The maximum Gasteiger partial charge on any atom is 0.338 e. The molecule has 3 rings (SSSR count). The average molecular weight is 375 g/mol. The second kappa shape index (κ2) is 8.48. The van der Waals surface area contributed by atoms with Gasteiger partial charge in [-0.25, -0.2) is 4.79 Å². The number of fused-ring (bicyclic) bond motifs is 1. The highest BCUT2D eigenvalue weighted by Gasteiger charge is 2.13. The summed E-state index contributed by atoms with van der Waals surface area (Å²) in [6.45, 7) is 3.27. The van der Waals surface area contributed by atoms with E-state index < -0.39 is 5.97 Å². The molecular formula is C23H21NO4. The molecule has 0 aliphatic heterocycles. The number of esters is 1. The predicted octanol–water partition coefficient (Wildman–Crippen LogP) is 4.47. The molecule has 0 aromatic heterocycles. The Hall–Kier alpha value is -3.47. The van der Waals surface area contributed by atoms with Crippen molar-refractivity contribution in [3.63, 3.8) is 0 Å². The van der Waals surface area contributed by atoms with Gasteiger partial charge in [0.2, 0.25) is 5.91 Å². The lowest BCUT2D eigenvalue weighted by Crippen LogP contribution is -2.18. The number of rotatable bonds is 6. The van der Waals surface area contributed by atoms with Crippen molar-refractivity contribution in [2.24, 2.45) is 5.92 Å². The van der Waals surface area contributed by atoms with Crippen LogP contribution in [-0.2, 0) is 9.53 Å². The fraction of sp³-hybridized carbons (Fsp3) is 0.174. The quantitative estimate of drug-likeness (QED) is 0.509. The fourth-order valence-electron chi connectivity index (χ4n) is 2.64. The lowest BCUT2D eigenvalue weighted by Gasteiger charge is -2.09. The highest BCUT2D eigenvalue weighted by atomic mass is 16.5. The summed E-state index contributed by atoms with van der Waals surface area (Å²) in [6, 6.07) is 19.5. The van der Waals surface area contributed by atoms with Crippen LogP contribution in [0.15, 0.2) is 66.7 Å². The van der Waals surface area contributed by atoms with Crippen LogP contribution in [0.3, 0.4) is 0 Å². The molecule has 0 saturated heterocycles. The summed E-state index contributed by atoms with van der Waals surface area (Å²) in [7, 11) is 0. The molecule has 0 bridgehead atoms. The molecule has 28 heavy (non-hydrogen) atoms. The molecule has 0 saturated carbocycles. The first-order valence-electron chi connectivity index (χ1n) is 9.04. The third-order valence-electron chi connectivity index (χ3n) is 4.32. The van der Waals surface area contributed by atoms with Crippen LogP contribution in [-0.4, -0.2) is 24.3 Å². The Balaban J connectivity index is 1.59. The van der Waals surface area contributed by atoms with E-state index in [9.17, 15) is 14.4 Å². The summed E-state index contributed by atoms with van der Waals surface area (Å²) in [5.41, 5.74) is 1.41. The minimum Gasteiger partial charge on any atom is -0.454 e. The topological polar surface area (TPSA) is 72.5 Å². The summed E-state index contributed by atoms with van der Waals surface area (Å²) < 4.78 is 5.14. The van der Waals surface area contributed by atoms with Crippen molar-refractivity contribution in [2.75, 3.05) is 11.9 Å². The van der Waals surface area contributed by atoms with Crippen molar-refractivity contribution in [1.82, 2.24) is 0 Å². The van der Waals surface area contributed by atoms with Crippen LogP contribution in [0.2, 0.25) is 0 Å². The van der Waals surface area contributed by atoms with Gasteiger partial charge in [0.1, 0.15) is 0 Å². The van der Waals surface area contributed by atoms with Gasteiger partial charge in [0, 0.05) is 17.2 Å². The van der Waals surface area contributed by atoms with E-state index in [-0.39, 0.29) is 24.2 Å². The second-order valence-corrected chi connectivity index (χ2v) is 6.78. The van der Waals surface area contributed by atoms with E-state index in [0.717, 1.165) is 10.8 Å². The normalized spacial score (nSPS) is 10.7.